The van der Waals surface area contributed by atoms with Crippen LogP contribution in [0.4, 0.5) is 0 Å². The van der Waals surface area contributed by atoms with Gasteiger partial charge in [0.1, 0.15) is 0 Å². The average Bonchev–Trinajstić information content (AvgIpc) is 2.77. The smallest absolute Gasteiger partial charge is 0.310 e. The molecule has 0 aliphatic carbocycles. The van der Waals surface area contributed by atoms with Gasteiger partial charge in [-0.2, -0.15) is 0 Å². The molecule has 0 saturated carbocycles. The molecule has 1 aromatic carbocycles. The van der Waals surface area contributed by atoms with E-state index < -0.39 is 0 Å². The van der Waals surface area contributed by atoms with E-state index in [0.717, 1.165) is 19.3 Å². The van der Waals surface area contributed by atoms with Crippen LogP contribution in [-0.4, -0.2) is 37.1 Å². The Labute approximate surface area is 133 Å². The molecule has 1 aromatic rings. The van der Waals surface area contributed by atoms with Gasteiger partial charge in [-0.05, 0) is 43.9 Å². The maximum atomic E-state index is 12.4. The molecule has 118 valence electrons. The molecular weight excluding hydrogens is 274 g/mol. The Bertz CT molecular complexity index is 551. The minimum Gasteiger partial charge on any atom is -0.469 e. The van der Waals surface area contributed by atoms with Crippen molar-refractivity contribution in [3.05, 3.63) is 48.0 Å². The standard InChI is InChI=1S/C19H25NO2/c1-4-5-13-6-8-14(9-7-13)16-12-15-10-11-17(20(15)2)18(16)19(21)22-3/h4,6-9,15-18H,1,5,10-12H2,2-3H3/t15-,16+,17+,18-/m0/s1. The Balaban J connectivity index is 1.89. The van der Waals surface area contributed by atoms with Crippen molar-refractivity contribution in [3.8, 4) is 0 Å². The summed E-state index contributed by atoms with van der Waals surface area (Å²) in [7, 11) is 3.66. The number of fused-ring (bicyclic) bond motifs is 2. The molecule has 2 fully saturated rings. The highest BCUT2D eigenvalue weighted by Crippen LogP contribution is 2.46. The van der Waals surface area contributed by atoms with Crippen molar-refractivity contribution in [1.29, 1.82) is 0 Å². The second-order valence-electron chi connectivity index (χ2n) is 6.59. The molecule has 2 bridgehead atoms. The van der Waals surface area contributed by atoms with E-state index in [1.54, 1.807) is 0 Å². The molecule has 0 spiro atoms. The molecule has 3 heteroatoms. The Hall–Kier alpha value is -1.61. The van der Waals surface area contributed by atoms with Crippen LogP contribution in [0.15, 0.2) is 36.9 Å². The summed E-state index contributed by atoms with van der Waals surface area (Å²) in [6, 6.07) is 9.61. The summed E-state index contributed by atoms with van der Waals surface area (Å²) in [6.07, 6.45) is 6.15. The molecule has 0 N–H and O–H groups in total. The lowest BCUT2D eigenvalue weighted by Gasteiger charge is -2.41. The van der Waals surface area contributed by atoms with Gasteiger partial charge in [0.2, 0.25) is 0 Å². The van der Waals surface area contributed by atoms with Gasteiger partial charge in [-0.25, -0.2) is 0 Å². The fourth-order valence-electron chi connectivity index (χ4n) is 4.33. The van der Waals surface area contributed by atoms with Crippen molar-refractivity contribution in [2.45, 2.75) is 43.7 Å². The van der Waals surface area contributed by atoms with Crippen molar-refractivity contribution >= 4 is 5.97 Å². The van der Waals surface area contributed by atoms with Gasteiger partial charge in [0.15, 0.2) is 0 Å². The van der Waals surface area contributed by atoms with Crippen LogP contribution in [0, 0.1) is 5.92 Å². The van der Waals surface area contributed by atoms with E-state index in [-0.39, 0.29) is 17.8 Å². The quantitative estimate of drug-likeness (QED) is 0.632. The molecule has 0 unspecified atom stereocenters. The third kappa shape index (κ3) is 2.58. The van der Waals surface area contributed by atoms with Crippen LogP contribution in [0.1, 0.15) is 36.3 Å². The van der Waals surface area contributed by atoms with E-state index in [0.29, 0.717) is 12.1 Å². The predicted octanol–water partition coefficient (Wildman–Crippen LogP) is 3.15. The van der Waals surface area contributed by atoms with Crippen LogP contribution >= 0.6 is 0 Å². The molecule has 2 aliphatic heterocycles. The number of nitrogens with zero attached hydrogens (tertiary/aromatic N) is 1. The highest BCUT2D eigenvalue weighted by molar-refractivity contribution is 5.75. The van der Waals surface area contributed by atoms with Crippen molar-refractivity contribution in [3.63, 3.8) is 0 Å². The van der Waals surface area contributed by atoms with Crippen LogP contribution in [0.3, 0.4) is 0 Å². The zero-order valence-corrected chi connectivity index (χ0v) is 13.5. The summed E-state index contributed by atoms with van der Waals surface area (Å²) in [6.45, 7) is 3.78. The molecule has 0 aromatic heterocycles. The normalized spacial score (nSPS) is 31.0. The van der Waals surface area contributed by atoms with E-state index in [2.05, 4.69) is 42.8 Å². The largest absolute Gasteiger partial charge is 0.469 e. The third-order valence-electron chi connectivity index (χ3n) is 5.53. The number of esters is 1. The first-order valence-electron chi connectivity index (χ1n) is 8.15. The summed E-state index contributed by atoms with van der Waals surface area (Å²) in [4.78, 5) is 14.8. The lowest BCUT2D eigenvalue weighted by Crippen LogP contribution is -2.49. The van der Waals surface area contributed by atoms with E-state index in [4.69, 9.17) is 4.74 Å². The van der Waals surface area contributed by atoms with Gasteiger partial charge >= 0.3 is 5.97 Å². The Kier molecular flexibility index (Phi) is 4.34. The monoisotopic (exact) mass is 299 g/mol. The van der Waals surface area contributed by atoms with Crippen LogP contribution in [0.5, 0.6) is 0 Å². The number of ether oxygens (including phenoxy) is 1. The van der Waals surface area contributed by atoms with Gasteiger partial charge in [0.25, 0.3) is 0 Å². The van der Waals surface area contributed by atoms with Crippen molar-refractivity contribution in [2.75, 3.05) is 14.2 Å². The van der Waals surface area contributed by atoms with Crippen LogP contribution in [0.2, 0.25) is 0 Å². The zero-order valence-electron chi connectivity index (χ0n) is 13.5. The first kappa shape index (κ1) is 15.3. The maximum Gasteiger partial charge on any atom is 0.310 e. The third-order valence-corrected chi connectivity index (χ3v) is 5.53. The molecule has 3 nitrogen and oxygen atoms in total. The Morgan fingerprint density at radius 2 is 2.09 bits per heavy atom. The van der Waals surface area contributed by atoms with E-state index >= 15 is 0 Å². The molecule has 0 radical (unpaired) electrons. The highest BCUT2D eigenvalue weighted by atomic mass is 16.5. The molecule has 22 heavy (non-hydrogen) atoms. The van der Waals surface area contributed by atoms with E-state index in [1.165, 1.54) is 24.7 Å². The summed E-state index contributed by atoms with van der Waals surface area (Å²) in [5.41, 5.74) is 2.54. The fraction of sp³-hybridized carbons (Fsp3) is 0.526. The number of hydrogen-bond donors (Lipinski definition) is 0. The van der Waals surface area contributed by atoms with Gasteiger partial charge in [-0.1, -0.05) is 30.3 Å². The van der Waals surface area contributed by atoms with Gasteiger partial charge < -0.3 is 4.74 Å². The minimum atomic E-state index is -0.0580. The summed E-state index contributed by atoms with van der Waals surface area (Å²) in [5, 5.41) is 0. The summed E-state index contributed by atoms with van der Waals surface area (Å²) < 4.78 is 5.12. The molecular formula is C19H25NO2. The van der Waals surface area contributed by atoms with Gasteiger partial charge in [0, 0.05) is 18.0 Å². The van der Waals surface area contributed by atoms with Gasteiger partial charge in [-0.15, -0.1) is 6.58 Å². The SMILES string of the molecule is C=CCc1ccc([C@H]2C[C@@H]3CC[C@H]([C@H]2C(=O)OC)N3C)cc1. The van der Waals surface area contributed by atoms with Crippen molar-refractivity contribution < 1.29 is 9.53 Å². The van der Waals surface area contributed by atoms with E-state index in [1.807, 2.05) is 6.08 Å². The average molecular weight is 299 g/mol. The Morgan fingerprint density at radius 1 is 1.36 bits per heavy atom. The van der Waals surface area contributed by atoms with Gasteiger partial charge in [-0.3, -0.25) is 9.69 Å². The van der Waals surface area contributed by atoms with Gasteiger partial charge in [0.05, 0.1) is 13.0 Å². The van der Waals surface area contributed by atoms with E-state index in [9.17, 15) is 4.79 Å². The molecule has 2 heterocycles. The number of benzene rings is 1. The predicted molar refractivity (Wildman–Crippen MR) is 87.8 cm³/mol. The molecule has 4 atom stereocenters. The second-order valence-corrected chi connectivity index (χ2v) is 6.59. The zero-order chi connectivity index (χ0) is 15.7. The number of methoxy groups -OCH3 is 1. The number of carbonyl (C=O) groups is 1. The maximum absolute atomic E-state index is 12.4. The lowest BCUT2D eigenvalue weighted by atomic mass is 9.76. The molecule has 2 saturated heterocycles. The van der Waals surface area contributed by atoms with Crippen LogP contribution in [0.25, 0.3) is 0 Å². The molecule has 3 rings (SSSR count). The number of rotatable bonds is 4. The Morgan fingerprint density at radius 3 is 2.73 bits per heavy atom. The van der Waals surface area contributed by atoms with Crippen molar-refractivity contribution in [1.82, 2.24) is 4.90 Å². The van der Waals surface area contributed by atoms with Crippen molar-refractivity contribution in [2.24, 2.45) is 5.92 Å². The first-order valence-corrected chi connectivity index (χ1v) is 8.15. The molecule has 2 aliphatic rings. The van der Waals surface area contributed by atoms with Crippen LogP contribution in [-0.2, 0) is 16.0 Å². The lowest BCUT2D eigenvalue weighted by molar-refractivity contribution is -0.150. The highest BCUT2D eigenvalue weighted by Gasteiger charge is 2.49. The van der Waals surface area contributed by atoms with Crippen LogP contribution < -0.4 is 0 Å². The number of piperidine rings is 1. The molecule has 0 amide bonds. The number of hydrogen-bond acceptors (Lipinski definition) is 3. The fourth-order valence-corrected chi connectivity index (χ4v) is 4.33. The summed E-state index contributed by atoms with van der Waals surface area (Å²) >= 11 is 0. The summed E-state index contributed by atoms with van der Waals surface area (Å²) in [5.74, 6) is 0.176. The minimum absolute atomic E-state index is 0.0426. The first-order chi connectivity index (χ1) is 10.7. The number of carbonyl (C=O) groups excluding carboxylic acids is 1. The second kappa shape index (κ2) is 6.25. The topological polar surface area (TPSA) is 29.5 Å². The number of allylic oxidation sites excluding steroid dienone is 1.